The minimum absolute atomic E-state index is 0.230. The molecule has 0 saturated carbocycles. The van der Waals surface area contributed by atoms with Crippen LogP contribution in [0.2, 0.25) is 0 Å². The number of benzene rings is 2. The summed E-state index contributed by atoms with van der Waals surface area (Å²) >= 11 is 0. The van der Waals surface area contributed by atoms with Crippen LogP contribution >= 0.6 is 0 Å². The fourth-order valence-electron chi connectivity index (χ4n) is 3.41. The average Bonchev–Trinajstić information content (AvgIpc) is 2.77. The van der Waals surface area contributed by atoms with Gasteiger partial charge in [0.15, 0.2) is 0 Å². The van der Waals surface area contributed by atoms with Gasteiger partial charge in [0.2, 0.25) is 5.95 Å². The number of carbonyl (C=O) groups is 1. The Labute approximate surface area is 164 Å². The number of nitrogens with one attached hydrogen (secondary N) is 1. The summed E-state index contributed by atoms with van der Waals surface area (Å²) in [6, 6.07) is 17.7. The van der Waals surface area contributed by atoms with E-state index in [1.54, 1.807) is 19.4 Å². The van der Waals surface area contributed by atoms with E-state index in [-0.39, 0.29) is 5.91 Å². The minimum atomic E-state index is -0.230. The summed E-state index contributed by atoms with van der Waals surface area (Å²) in [5.74, 6) is 1.10. The molecule has 1 aromatic heterocycles. The zero-order valence-electron chi connectivity index (χ0n) is 15.8. The molecule has 0 unspecified atom stereocenters. The van der Waals surface area contributed by atoms with Gasteiger partial charge in [0.05, 0.1) is 7.11 Å². The van der Waals surface area contributed by atoms with Crippen molar-refractivity contribution in [3.63, 3.8) is 0 Å². The lowest BCUT2D eigenvalue weighted by atomic mass is 10.0. The first kappa shape index (κ1) is 18.0. The van der Waals surface area contributed by atoms with Gasteiger partial charge >= 0.3 is 0 Å². The number of ether oxygens (including phenoxy) is 1. The molecule has 0 spiro atoms. The van der Waals surface area contributed by atoms with E-state index in [9.17, 15) is 4.79 Å². The van der Waals surface area contributed by atoms with Gasteiger partial charge in [-0.15, -0.1) is 0 Å². The number of amides is 1. The standard InChI is InChI=1S/C22H22N4O2/c1-28-20-9-5-4-7-17(20)14-24-21(27)19-10-12-23-22(25-19)26-13-11-16-6-2-3-8-18(16)15-26/h2-10,12H,11,13-15H2,1H3,(H,24,27). The Bertz CT molecular complexity index is 990. The maximum Gasteiger partial charge on any atom is 0.270 e. The fourth-order valence-corrected chi connectivity index (χ4v) is 3.41. The van der Waals surface area contributed by atoms with Gasteiger partial charge in [-0.1, -0.05) is 42.5 Å². The highest BCUT2D eigenvalue weighted by Crippen LogP contribution is 2.22. The van der Waals surface area contributed by atoms with E-state index in [1.807, 2.05) is 30.3 Å². The Morgan fingerprint density at radius 3 is 2.75 bits per heavy atom. The zero-order valence-corrected chi connectivity index (χ0v) is 15.8. The molecule has 6 nitrogen and oxygen atoms in total. The molecule has 1 N–H and O–H groups in total. The molecule has 6 heteroatoms. The van der Waals surface area contributed by atoms with Crippen LogP contribution in [0.5, 0.6) is 5.75 Å². The Balaban J connectivity index is 1.46. The minimum Gasteiger partial charge on any atom is -0.496 e. The van der Waals surface area contributed by atoms with Gasteiger partial charge < -0.3 is 15.0 Å². The van der Waals surface area contributed by atoms with E-state index < -0.39 is 0 Å². The Hall–Kier alpha value is -3.41. The van der Waals surface area contributed by atoms with Crippen molar-refractivity contribution in [1.82, 2.24) is 15.3 Å². The number of methoxy groups -OCH3 is 1. The van der Waals surface area contributed by atoms with E-state index in [1.165, 1.54) is 11.1 Å². The van der Waals surface area contributed by atoms with Crippen molar-refractivity contribution < 1.29 is 9.53 Å². The quantitative estimate of drug-likeness (QED) is 0.744. The normalized spacial score (nSPS) is 13.0. The molecule has 0 radical (unpaired) electrons. The van der Waals surface area contributed by atoms with Gasteiger partial charge in [-0.2, -0.15) is 0 Å². The number of aromatic nitrogens is 2. The molecule has 4 rings (SSSR count). The first-order chi connectivity index (χ1) is 13.7. The van der Waals surface area contributed by atoms with Gasteiger partial charge in [0, 0.05) is 31.4 Å². The highest BCUT2D eigenvalue weighted by Gasteiger charge is 2.19. The SMILES string of the molecule is COc1ccccc1CNC(=O)c1ccnc(N2CCc3ccccc3C2)n1. The van der Waals surface area contributed by atoms with E-state index >= 15 is 0 Å². The Morgan fingerprint density at radius 2 is 1.89 bits per heavy atom. The summed E-state index contributed by atoms with van der Waals surface area (Å²) in [4.78, 5) is 23.6. The van der Waals surface area contributed by atoms with Crippen LogP contribution in [0.3, 0.4) is 0 Å². The van der Waals surface area contributed by atoms with Gasteiger partial charge in [-0.05, 0) is 29.7 Å². The van der Waals surface area contributed by atoms with Crippen LogP contribution in [-0.4, -0.2) is 29.5 Å². The van der Waals surface area contributed by atoms with Gasteiger partial charge in [0.1, 0.15) is 11.4 Å². The number of fused-ring (bicyclic) bond motifs is 1. The molecular formula is C22H22N4O2. The summed E-state index contributed by atoms with van der Waals surface area (Å²) in [7, 11) is 1.62. The molecule has 0 aliphatic carbocycles. The van der Waals surface area contributed by atoms with Crippen molar-refractivity contribution >= 4 is 11.9 Å². The van der Waals surface area contributed by atoms with Crippen LogP contribution in [0.15, 0.2) is 60.8 Å². The number of rotatable bonds is 5. The summed E-state index contributed by atoms with van der Waals surface area (Å²) in [6.07, 6.45) is 2.59. The van der Waals surface area contributed by atoms with E-state index in [0.29, 0.717) is 18.2 Å². The maximum atomic E-state index is 12.6. The van der Waals surface area contributed by atoms with Crippen molar-refractivity contribution in [2.75, 3.05) is 18.6 Å². The van der Waals surface area contributed by atoms with Crippen LogP contribution in [0.1, 0.15) is 27.2 Å². The summed E-state index contributed by atoms with van der Waals surface area (Å²) in [6.45, 7) is 1.96. The third-order valence-electron chi connectivity index (χ3n) is 4.92. The first-order valence-electron chi connectivity index (χ1n) is 9.29. The first-order valence-corrected chi connectivity index (χ1v) is 9.29. The Morgan fingerprint density at radius 1 is 1.11 bits per heavy atom. The van der Waals surface area contributed by atoms with Crippen LogP contribution in [0.4, 0.5) is 5.95 Å². The summed E-state index contributed by atoms with van der Waals surface area (Å²) < 4.78 is 5.33. The fraction of sp³-hybridized carbons (Fsp3) is 0.227. The van der Waals surface area contributed by atoms with Crippen molar-refractivity contribution in [3.8, 4) is 5.75 Å². The van der Waals surface area contributed by atoms with Crippen LogP contribution in [0.25, 0.3) is 0 Å². The van der Waals surface area contributed by atoms with Gasteiger partial charge in [-0.25, -0.2) is 9.97 Å². The third kappa shape index (κ3) is 3.81. The summed E-state index contributed by atoms with van der Waals surface area (Å²) in [5.41, 5.74) is 3.92. The zero-order chi connectivity index (χ0) is 19.3. The van der Waals surface area contributed by atoms with Crippen LogP contribution < -0.4 is 15.0 Å². The molecule has 1 aliphatic heterocycles. The highest BCUT2D eigenvalue weighted by atomic mass is 16.5. The molecule has 3 aromatic rings. The van der Waals surface area contributed by atoms with Gasteiger partial charge in [-0.3, -0.25) is 4.79 Å². The van der Waals surface area contributed by atoms with Crippen LogP contribution in [0, 0.1) is 0 Å². The van der Waals surface area contributed by atoms with Gasteiger partial charge in [0.25, 0.3) is 5.91 Å². The van der Waals surface area contributed by atoms with Crippen molar-refractivity contribution in [2.45, 2.75) is 19.5 Å². The number of hydrogen-bond donors (Lipinski definition) is 1. The molecule has 28 heavy (non-hydrogen) atoms. The van der Waals surface area contributed by atoms with E-state index in [4.69, 9.17) is 4.74 Å². The molecule has 0 bridgehead atoms. The van der Waals surface area contributed by atoms with E-state index in [2.05, 4.69) is 38.4 Å². The molecule has 142 valence electrons. The summed E-state index contributed by atoms with van der Waals surface area (Å²) in [5, 5.41) is 2.91. The predicted octanol–water partition coefficient (Wildman–Crippen LogP) is 2.98. The molecule has 0 fully saturated rings. The van der Waals surface area contributed by atoms with Crippen molar-refractivity contribution in [2.24, 2.45) is 0 Å². The molecule has 0 saturated heterocycles. The van der Waals surface area contributed by atoms with Crippen molar-refractivity contribution in [3.05, 3.63) is 83.2 Å². The third-order valence-corrected chi connectivity index (χ3v) is 4.92. The lowest BCUT2D eigenvalue weighted by Crippen LogP contribution is -2.32. The predicted molar refractivity (Wildman–Crippen MR) is 107 cm³/mol. The average molecular weight is 374 g/mol. The molecule has 1 aliphatic rings. The second-order valence-electron chi connectivity index (χ2n) is 6.68. The molecule has 2 aromatic carbocycles. The van der Waals surface area contributed by atoms with Crippen molar-refractivity contribution in [1.29, 1.82) is 0 Å². The largest absolute Gasteiger partial charge is 0.496 e. The smallest absolute Gasteiger partial charge is 0.270 e. The lowest BCUT2D eigenvalue weighted by molar-refractivity contribution is 0.0945. The lowest BCUT2D eigenvalue weighted by Gasteiger charge is -2.28. The number of hydrogen-bond acceptors (Lipinski definition) is 5. The highest BCUT2D eigenvalue weighted by molar-refractivity contribution is 5.92. The number of nitrogens with zero attached hydrogens (tertiary/aromatic N) is 3. The number of para-hydroxylation sites is 1. The molecule has 0 atom stereocenters. The second-order valence-corrected chi connectivity index (χ2v) is 6.68. The number of carbonyl (C=O) groups excluding carboxylic acids is 1. The van der Waals surface area contributed by atoms with E-state index in [0.717, 1.165) is 30.8 Å². The number of anilines is 1. The monoisotopic (exact) mass is 374 g/mol. The molecular weight excluding hydrogens is 352 g/mol. The molecule has 2 heterocycles. The molecule has 1 amide bonds. The van der Waals surface area contributed by atoms with Crippen LogP contribution in [-0.2, 0) is 19.5 Å². The maximum absolute atomic E-state index is 12.6. The Kier molecular flexibility index (Phi) is 5.19. The second kappa shape index (κ2) is 8.08. The topological polar surface area (TPSA) is 67.3 Å².